The van der Waals surface area contributed by atoms with Gasteiger partial charge in [0.25, 0.3) is 0 Å². The maximum Gasteiger partial charge on any atom is 0.181 e. The third-order valence-electron chi connectivity index (χ3n) is 6.40. The van der Waals surface area contributed by atoms with Gasteiger partial charge in [-0.3, -0.25) is 0 Å². The van der Waals surface area contributed by atoms with E-state index in [1.165, 1.54) is 28.7 Å². The van der Waals surface area contributed by atoms with E-state index in [-0.39, 0.29) is 16.9 Å². The zero-order valence-electron chi connectivity index (χ0n) is 22.7. The van der Waals surface area contributed by atoms with Crippen molar-refractivity contribution in [2.45, 2.75) is 12.7 Å². The smallest absolute Gasteiger partial charge is 0.181 e. The number of ether oxygens (including phenoxy) is 6. The number of methoxy groups -OCH3 is 4. The standard InChI is InChI=1S/C28H30O8S4/c1-28(14-37-9-15-6-7-16(29)17(30)8-15)12-35-22-23(36-13-28)27(25-21(34-5)19(32-3)11-39-25)40-26(22)24-20(33-4)18(31-2)10-38-24/h6-8,10-11,29-30H,9,12-14H2,1-5H3. The van der Waals surface area contributed by atoms with Crippen molar-refractivity contribution in [3.8, 4) is 65.5 Å². The lowest BCUT2D eigenvalue weighted by Gasteiger charge is -2.26. The molecule has 1 aromatic carbocycles. The van der Waals surface area contributed by atoms with Crippen LogP contribution in [0.1, 0.15) is 12.5 Å². The Morgan fingerprint density at radius 2 is 1.35 bits per heavy atom. The first-order valence-electron chi connectivity index (χ1n) is 12.2. The summed E-state index contributed by atoms with van der Waals surface area (Å²) in [4.78, 5) is 3.62. The first-order valence-corrected chi connectivity index (χ1v) is 16.0. The SMILES string of the molecule is COc1csc(-c2sc(-c3scc(OC)c3OC)c3c2OCC(C)(CSCc2ccc(O)c(O)c2)CO3)c1OC. The summed E-state index contributed by atoms with van der Waals surface area (Å²) in [6.07, 6.45) is 0. The van der Waals surface area contributed by atoms with Crippen LogP contribution < -0.4 is 28.4 Å². The molecule has 0 spiro atoms. The van der Waals surface area contributed by atoms with E-state index < -0.39 is 0 Å². The Morgan fingerprint density at radius 3 is 1.82 bits per heavy atom. The molecule has 0 amide bonds. The summed E-state index contributed by atoms with van der Waals surface area (Å²) in [5.41, 5.74) is 0.642. The predicted molar refractivity (Wildman–Crippen MR) is 162 cm³/mol. The molecular formula is C28H30O8S4. The van der Waals surface area contributed by atoms with Gasteiger partial charge in [0.2, 0.25) is 0 Å². The molecule has 0 unspecified atom stereocenters. The van der Waals surface area contributed by atoms with Crippen molar-refractivity contribution in [3.63, 3.8) is 0 Å². The van der Waals surface area contributed by atoms with Gasteiger partial charge in [-0.15, -0.1) is 34.0 Å². The molecule has 0 saturated carbocycles. The van der Waals surface area contributed by atoms with E-state index in [9.17, 15) is 10.2 Å². The van der Waals surface area contributed by atoms with Crippen LogP contribution in [-0.4, -0.2) is 57.6 Å². The van der Waals surface area contributed by atoms with E-state index in [0.29, 0.717) is 53.5 Å². The fourth-order valence-electron chi connectivity index (χ4n) is 4.30. The molecule has 0 aliphatic carbocycles. The summed E-state index contributed by atoms with van der Waals surface area (Å²) >= 11 is 6.35. The largest absolute Gasteiger partial charge is 0.504 e. The lowest BCUT2D eigenvalue weighted by Crippen LogP contribution is -2.32. The molecule has 0 fully saturated rings. The summed E-state index contributed by atoms with van der Waals surface area (Å²) < 4.78 is 35.7. The molecule has 214 valence electrons. The van der Waals surface area contributed by atoms with Crippen molar-refractivity contribution in [3.05, 3.63) is 34.5 Å². The number of phenolic OH excluding ortho intramolecular Hbond substituents is 2. The minimum atomic E-state index is -0.288. The Bertz CT molecular complexity index is 1410. The van der Waals surface area contributed by atoms with Crippen LogP contribution in [0.25, 0.3) is 19.5 Å². The van der Waals surface area contributed by atoms with Crippen molar-refractivity contribution in [2.24, 2.45) is 5.41 Å². The van der Waals surface area contributed by atoms with Crippen molar-refractivity contribution in [1.82, 2.24) is 0 Å². The molecule has 0 radical (unpaired) electrons. The minimum absolute atomic E-state index is 0.115. The second kappa shape index (κ2) is 11.9. The summed E-state index contributed by atoms with van der Waals surface area (Å²) in [6, 6.07) is 4.91. The number of fused-ring (bicyclic) bond motifs is 1. The number of hydrogen-bond acceptors (Lipinski definition) is 12. The quantitative estimate of drug-likeness (QED) is 0.176. The van der Waals surface area contributed by atoms with Gasteiger partial charge in [0.05, 0.1) is 61.2 Å². The Hall–Kier alpha value is -2.93. The van der Waals surface area contributed by atoms with Crippen molar-refractivity contribution < 1.29 is 38.6 Å². The average molecular weight is 623 g/mol. The molecule has 8 nitrogen and oxygen atoms in total. The molecule has 3 aromatic heterocycles. The number of phenols is 2. The fourth-order valence-corrected chi connectivity index (χ4v) is 8.91. The summed E-state index contributed by atoms with van der Waals surface area (Å²) in [7, 11) is 6.52. The molecule has 4 heterocycles. The highest BCUT2D eigenvalue weighted by atomic mass is 32.2. The van der Waals surface area contributed by atoms with E-state index in [1.807, 2.05) is 16.8 Å². The monoisotopic (exact) mass is 622 g/mol. The van der Waals surface area contributed by atoms with Gasteiger partial charge in [-0.05, 0) is 17.7 Å². The highest BCUT2D eigenvalue weighted by Crippen LogP contribution is 2.61. The zero-order valence-corrected chi connectivity index (χ0v) is 26.0. The molecular weight excluding hydrogens is 593 g/mol. The molecule has 2 N–H and O–H groups in total. The summed E-state index contributed by atoms with van der Waals surface area (Å²) in [5, 5.41) is 23.3. The molecule has 1 aliphatic heterocycles. The maximum absolute atomic E-state index is 9.83. The van der Waals surface area contributed by atoms with Gasteiger partial charge in [-0.25, -0.2) is 0 Å². The van der Waals surface area contributed by atoms with Gasteiger partial charge in [0, 0.05) is 27.7 Å². The highest BCUT2D eigenvalue weighted by Gasteiger charge is 2.37. The van der Waals surface area contributed by atoms with Crippen molar-refractivity contribution in [1.29, 1.82) is 0 Å². The molecule has 12 heteroatoms. The van der Waals surface area contributed by atoms with Gasteiger partial charge < -0.3 is 38.6 Å². The second-order valence-corrected chi connectivity index (χ2v) is 13.2. The van der Waals surface area contributed by atoms with Crippen LogP contribution in [0.2, 0.25) is 0 Å². The van der Waals surface area contributed by atoms with Gasteiger partial charge in [-0.2, -0.15) is 11.8 Å². The molecule has 1 aliphatic rings. The predicted octanol–water partition coefficient (Wildman–Crippen LogP) is 7.36. The molecule has 0 saturated heterocycles. The summed E-state index contributed by atoms with van der Waals surface area (Å²) in [5.74, 6) is 5.20. The molecule has 5 rings (SSSR count). The second-order valence-electron chi connectivity index (χ2n) is 9.46. The Balaban J connectivity index is 1.47. The van der Waals surface area contributed by atoms with Gasteiger partial charge in [0.15, 0.2) is 46.0 Å². The number of benzene rings is 1. The van der Waals surface area contributed by atoms with Crippen LogP contribution in [0.15, 0.2) is 29.0 Å². The number of thioether (sulfide) groups is 1. The first-order chi connectivity index (χ1) is 19.3. The Labute approximate surface area is 249 Å². The third-order valence-corrected chi connectivity index (χ3v) is 11.2. The van der Waals surface area contributed by atoms with Gasteiger partial charge in [-0.1, -0.05) is 13.0 Å². The Kier molecular flexibility index (Phi) is 8.50. The van der Waals surface area contributed by atoms with Gasteiger partial charge >= 0.3 is 0 Å². The van der Waals surface area contributed by atoms with Crippen molar-refractivity contribution in [2.75, 3.05) is 47.4 Å². The van der Waals surface area contributed by atoms with Crippen LogP contribution in [0.3, 0.4) is 0 Å². The highest BCUT2D eigenvalue weighted by molar-refractivity contribution is 7.98. The first kappa shape index (κ1) is 28.6. The number of hydrogen-bond donors (Lipinski definition) is 2. The fraction of sp³-hybridized carbons (Fsp3) is 0.357. The van der Waals surface area contributed by atoms with Crippen LogP contribution in [0, 0.1) is 5.41 Å². The average Bonchev–Trinajstić information content (AvgIpc) is 3.63. The van der Waals surface area contributed by atoms with Crippen molar-refractivity contribution >= 4 is 45.8 Å². The Morgan fingerprint density at radius 1 is 0.800 bits per heavy atom. The van der Waals surface area contributed by atoms with Crippen LogP contribution in [0.4, 0.5) is 0 Å². The third kappa shape index (κ3) is 5.37. The normalized spacial score (nSPS) is 14.0. The molecule has 40 heavy (non-hydrogen) atoms. The molecule has 4 aromatic rings. The summed E-state index contributed by atoms with van der Waals surface area (Å²) in [6.45, 7) is 3.05. The van der Waals surface area contributed by atoms with E-state index in [4.69, 9.17) is 28.4 Å². The number of thiophene rings is 3. The number of rotatable bonds is 10. The van der Waals surface area contributed by atoms with Crippen LogP contribution in [0.5, 0.6) is 46.0 Å². The van der Waals surface area contributed by atoms with Crippen LogP contribution >= 0.6 is 45.8 Å². The van der Waals surface area contributed by atoms with Crippen LogP contribution in [-0.2, 0) is 5.75 Å². The van der Waals surface area contributed by atoms with Gasteiger partial charge in [0.1, 0.15) is 0 Å². The maximum atomic E-state index is 9.83. The minimum Gasteiger partial charge on any atom is -0.504 e. The topological polar surface area (TPSA) is 95.8 Å². The van der Waals surface area contributed by atoms with E-state index in [1.54, 1.807) is 57.6 Å². The number of aromatic hydroxyl groups is 2. The molecule has 0 bridgehead atoms. The lowest BCUT2D eigenvalue weighted by atomic mass is 9.96. The van der Waals surface area contributed by atoms with E-state index in [2.05, 4.69) is 6.92 Å². The van der Waals surface area contributed by atoms with E-state index >= 15 is 0 Å². The molecule has 0 atom stereocenters. The zero-order chi connectivity index (χ0) is 28.4. The van der Waals surface area contributed by atoms with E-state index in [0.717, 1.165) is 30.8 Å². The lowest BCUT2D eigenvalue weighted by molar-refractivity contribution is 0.145.